The van der Waals surface area contributed by atoms with Crippen LogP contribution >= 0.6 is 0 Å². The van der Waals surface area contributed by atoms with Crippen molar-refractivity contribution in [3.63, 3.8) is 0 Å². The quantitative estimate of drug-likeness (QED) is 0.487. The molecule has 0 atom stereocenters. The lowest BCUT2D eigenvalue weighted by Gasteiger charge is -2.22. The fourth-order valence-corrected chi connectivity index (χ4v) is 0.754. The van der Waals surface area contributed by atoms with Gasteiger partial charge in [0.05, 0.1) is 6.54 Å². The minimum absolute atomic E-state index is 0.414. The first kappa shape index (κ1) is 5.94. The molecule has 0 radical (unpaired) electrons. The molecule has 1 aliphatic rings. The second-order valence-electron chi connectivity index (χ2n) is 1.88. The zero-order valence-electron chi connectivity index (χ0n) is 5.24. The number of rotatable bonds is 0. The summed E-state index contributed by atoms with van der Waals surface area (Å²) in [6.45, 7) is 0.589. The summed E-state index contributed by atoms with van der Waals surface area (Å²) in [6, 6.07) is -0.414. The van der Waals surface area contributed by atoms with Gasteiger partial charge in [-0.25, -0.2) is 9.80 Å². The Morgan fingerprint density at radius 3 is 2.67 bits per heavy atom. The second kappa shape index (κ2) is 1.97. The maximum atomic E-state index is 10.5. The number of nitrogens with zero attached hydrogens (tertiary/aromatic N) is 2. The zero-order chi connectivity index (χ0) is 6.85. The van der Waals surface area contributed by atoms with E-state index in [0.29, 0.717) is 6.54 Å². The van der Waals surface area contributed by atoms with Gasteiger partial charge in [0.2, 0.25) is 0 Å². The number of amides is 2. The average molecular weight is 127 g/mol. The van der Waals surface area contributed by atoms with Crippen LogP contribution in [-0.2, 0) is 0 Å². The van der Waals surface area contributed by atoms with Crippen molar-refractivity contribution in [3.8, 4) is 0 Å². The third-order valence-electron chi connectivity index (χ3n) is 1.23. The second-order valence-corrected chi connectivity index (χ2v) is 1.88. The van der Waals surface area contributed by atoms with Crippen LogP contribution in [0.15, 0.2) is 12.3 Å². The van der Waals surface area contributed by atoms with Crippen LogP contribution in [0, 0.1) is 0 Å². The fourth-order valence-electron chi connectivity index (χ4n) is 0.754. The van der Waals surface area contributed by atoms with E-state index in [0.717, 1.165) is 0 Å². The molecule has 0 bridgehead atoms. The highest BCUT2D eigenvalue weighted by Crippen LogP contribution is 2.02. The minimum Gasteiger partial charge on any atom is -0.350 e. The number of urea groups is 1. The first-order valence-corrected chi connectivity index (χ1v) is 2.68. The monoisotopic (exact) mass is 127 g/mol. The number of hydrogen-bond acceptors (Lipinski definition) is 2. The predicted octanol–water partition coefficient (Wildman–Crippen LogP) is -0.259. The van der Waals surface area contributed by atoms with Gasteiger partial charge in [0, 0.05) is 13.2 Å². The van der Waals surface area contributed by atoms with E-state index < -0.39 is 6.03 Å². The Balaban J connectivity index is 2.55. The van der Waals surface area contributed by atoms with Crippen molar-refractivity contribution < 1.29 is 4.79 Å². The first-order chi connectivity index (χ1) is 4.22. The lowest BCUT2D eigenvalue weighted by atomic mass is 10.6. The molecule has 0 saturated carbocycles. The Labute approximate surface area is 53.5 Å². The summed E-state index contributed by atoms with van der Waals surface area (Å²) in [6.07, 6.45) is 3.66. The van der Waals surface area contributed by atoms with E-state index in [1.165, 1.54) is 5.01 Å². The molecule has 0 unspecified atom stereocenters. The van der Waals surface area contributed by atoms with Gasteiger partial charge in [0.15, 0.2) is 0 Å². The summed E-state index contributed by atoms with van der Waals surface area (Å²) in [4.78, 5) is 10.5. The van der Waals surface area contributed by atoms with Gasteiger partial charge < -0.3 is 5.73 Å². The van der Waals surface area contributed by atoms with Crippen molar-refractivity contribution in [2.24, 2.45) is 5.73 Å². The number of hydrogen-bond donors (Lipinski definition) is 1. The molecule has 0 fully saturated rings. The van der Waals surface area contributed by atoms with Gasteiger partial charge in [0.1, 0.15) is 0 Å². The molecule has 0 aromatic rings. The van der Waals surface area contributed by atoms with Crippen LogP contribution in [0.1, 0.15) is 0 Å². The van der Waals surface area contributed by atoms with Crippen LogP contribution in [0.3, 0.4) is 0 Å². The molecule has 1 aliphatic heterocycles. The maximum absolute atomic E-state index is 10.5. The highest BCUT2D eigenvalue weighted by Gasteiger charge is 2.14. The smallest absolute Gasteiger partial charge is 0.333 e. The van der Waals surface area contributed by atoms with Crippen LogP contribution < -0.4 is 5.73 Å². The minimum atomic E-state index is -0.414. The number of carbonyl (C=O) groups excluding carboxylic acids is 1. The van der Waals surface area contributed by atoms with Crippen molar-refractivity contribution in [3.05, 3.63) is 12.3 Å². The maximum Gasteiger partial charge on any atom is 0.333 e. The van der Waals surface area contributed by atoms with Crippen LogP contribution in [0.2, 0.25) is 0 Å². The Hall–Kier alpha value is -1.19. The molecule has 1 rings (SSSR count). The summed E-state index contributed by atoms with van der Waals surface area (Å²) in [5.41, 5.74) is 4.99. The zero-order valence-corrected chi connectivity index (χ0v) is 5.24. The molecule has 4 heteroatoms. The molecule has 0 saturated heterocycles. The van der Waals surface area contributed by atoms with Gasteiger partial charge in [-0.15, -0.1) is 0 Å². The molecular weight excluding hydrogens is 118 g/mol. The number of hydrazine groups is 1. The lowest BCUT2D eigenvalue weighted by molar-refractivity contribution is 0.115. The third kappa shape index (κ3) is 0.960. The standard InChI is InChI=1S/C5H9N3O/c1-7-3-2-4-8(7)5(6)9/h2-3H,4H2,1H3,(H2,6,9). The molecule has 0 aromatic carbocycles. The summed E-state index contributed by atoms with van der Waals surface area (Å²) in [5, 5.41) is 3.09. The number of nitrogens with two attached hydrogens (primary N) is 1. The summed E-state index contributed by atoms with van der Waals surface area (Å²) >= 11 is 0. The van der Waals surface area contributed by atoms with Gasteiger partial charge in [-0.1, -0.05) is 0 Å². The van der Waals surface area contributed by atoms with E-state index in [1.54, 1.807) is 18.3 Å². The van der Waals surface area contributed by atoms with E-state index in [2.05, 4.69) is 0 Å². The highest BCUT2D eigenvalue weighted by atomic mass is 16.2. The molecule has 50 valence electrons. The van der Waals surface area contributed by atoms with E-state index in [1.807, 2.05) is 6.08 Å². The van der Waals surface area contributed by atoms with E-state index in [9.17, 15) is 4.79 Å². The van der Waals surface area contributed by atoms with Crippen molar-refractivity contribution in [2.75, 3.05) is 13.6 Å². The predicted molar refractivity (Wildman–Crippen MR) is 33.2 cm³/mol. The van der Waals surface area contributed by atoms with Crippen molar-refractivity contribution in [1.82, 2.24) is 10.0 Å². The SMILES string of the molecule is CN1C=CCN1C(N)=O. The number of carbonyl (C=O) groups is 1. The van der Waals surface area contributed by atoms with Crippen LogP contribution in [0.25, 0.3) is 0 Å². The van der Waals surface area contributed by atoms with Gasteiger partial charge >= 0.3 is 6.03 Å². The van der Waals surface area contributed by atoms with Crippen LogP contribution in [-0.4, -0.2) is 29.6 Å². The van der Waals surface area contributed by atoms with Crippen molar-refractivity contribution in [2.45, 2.75) is 0 Å². The number of primary amides is 1. The molecule has 4 nitrogen and oxygen atoms in total. The molecule has 0 aromatic heterocycles. The molecular formula is C5H9N3O. The Morgan fingerprint density at radius 2 is 2.44 bits per heavy atom. The summed E-state index contributed by atoms with van der Waals surface area (Å²) < 4.78 is 0. The molecule has 9 heavy (non-hydrogen) atoms. The van der Waals surface area contributed by atoms with Gasteiger partial charge in [-0.05, 0) is 6.08 Å². The topological polar surface area (TPSA) is 49.6 Å². The normalized spacial score (nSPS) is 17.0. The van der Waals surface area contributed by atoms with E-state index in [-0.39, 0.29) is 0 Å². The van der Waals surface area contributed by atoms with Gasteiger partial charge in [-0.3, -0.25) is 5.01 Å². The summed E-state index contributed by atoms with van der Waals surface area (Å²) in [5.74, 6) is 0. The molecule has 2 amide bonds. The largest absolute Gasteiger partial charge is 0.350 e. The Morgan fingerprint density at radius 1 is 1.78 bits per heavy atom. The molecule has 1 heterocycles. The van der Waals surface area contributed by atoms with Crippen molar-refractivity contribution in [1.29, 1.82) is 0 Å². The van der Waals surface area contributed by atoms with Gasteiger partial charge in [-0.2, -0.15) is 0 Å². The average Bonchev–Trinajstić information content (AvgIpc) is 2.13. The lowest BCUT2D eigenvalue weighted by Crippen LogP contribution is -2.41. The fraction of sp³-hybridized carbons (Fsp3) is 0.400. The molecule has 0 spiro atoms. The Kier molecular flexibility index (Phi) is 1.30. The van der Waals surface area contributed by atoms with Crippen LogP contribution in [0.5, 0.6) is 0 Å². The van der Waals surface area contributed by atoms with E-state index >= 15 is 0 Å². The van der Waals surface area contributed by atoms with Crippen molar-refractivity contribution >= 4 is 6.03 Å². The molecule has 0 aliphatic carbocycles. The Bertz CT molecular complexity index is 154. The van der Waals surface area contributed by atoms with Gasteiger partial charge in [0.25, 0.3) is 0 Å². The highest BCUT2D eigenvalue weighted by molar-refractivity contribution is 5.72. The van der Waals surface area contributed by atoms with Crippen LogP contribution in [0.4, 0.5) is 4.79 Å². The molecule has 2 N–H and O–H groups in total. The first-order valence-electron chi connectivity index (χ1n) is 2.68. The third-order valence-corrected chi connectivity index (χ3v) is 1.23. The van der Waals surface area contributed by atoms with E-state index in [4.69, 9.17) is 5.73 Å². The summed E-state index contributed by atoms with van der Waals surface area (Å²) in [7, 11) is 1.77.